The number of esters is 1. The van der Waals surface area contributed by atoms with Crippen molar-refractivity contribution in [2.24, 2.45) is 0 Å². The van der Waals surface area contributed by atoms with Crippen molar-refractivity contribution in [3.05, 3.63) is 107 Å². The standard InChI is InChI=1S/C24H20O2S/c1-2-26-24(25)22-21(17-11-5-3-6-12-17)19-15-9-10-16-20(19)27-23(22)18-13-7-4-8-14-18/h3-16,23H,2H2,1H3. The van der Waals surface area contributed by atoms with Crippen LogP contribution < -0.4 is 0 Å². The van der Waals surface area contributed by atoms with Gasteiger partial charge in [0.2, 0.25) is 0 Å². The summed E-state index contributed by atoms with van der Waals surface area (Å²) in [5, 5.41) is -0.102. The molecule has 0 aliphatic carbocycles. The Hall–Kier alpha value is -2.78. The van der Waals surface area contributed by atoms with Crippen molar-refractivity contribution < 1.29 is 9.53 Å². The molecule has 0 spiro atoms. The molecule has 0 bridgehead atoms. The SMILES string of the molecule is CCOC(=O)C1=C(c2ccccc2)c2ccccc2SC1c1ccccc1. The average molecular weight is 372 g/mol. The van der Waals surface area contributed by atoms with E-state index >= 15 is 0 Å². The highest BCUT2D eigenvalue weighted by molar-refractivity contribution is 8.00. The van der Waals surface area contributed by atoms with Crippen molar-refractivity contribution in [3.8, 4) is 0 Å². The predicted molar refractivity (Wildman–Crippen MR) is 111 cm³/mol. The van der Waals surface area contributed by atoms with Crippen molar-refractivity contribution in [3.63, 3.8) is 0 Å². The zero-order valence-electron chi connectivity index (χ0n) is 15.1. The Bertz CT molecular complexity index is 978. The van der Waals surface area contributed by atoms with E-state index in [0.717, 1.165) is 27.8 Å². The Kier molecular flexibility index (Phi) is 5.12. The normalized spacial score (nSPS) is 16.0. The second kappa shape index (κ2) is 7.85. The summed E-state index contributed by atoms with van der Waals surface area (Å²) in [6.45, 7) is 2.21. The summed E-state index contributed by atoms with van der Waals surface area (Å²) in [4.78, 5) is 14.3. The van der Waals surface area contributed by atoms with Crippen LogP contribution >= 0.6 is 11.8 Å². The molecule has 0 amide bonds. The van der Waals surface area contributed by atoms with Crippen LogP contribution in [0, 0.1) is 0 Å². The smallest absolute Gasteiger partial charge is 0.336 e. The second-order valence-corrected chi connectivity index (χ2v) is 7.43. The van der Waals surface area contributed by atoms with Crippen molar-refractivity contribution in [1.82, 2.24) is 0 Å². The summed E-state index contributed by atoms with van der Waals surface area (Å²) < 4.78 is 5.49. The summed E-state index contributed by atoms with van der Waals surface area (Å²) in [7, 11) is 0. The highest BCUT2D eigenvalue weighted by Crippen LogP contribution is 2.51. The van der Waals surface area contributed by atoms with E-state index < -0.39 is 0 Å². The number of carbonyl (C=O) groups is 1. The summed E-state index contributed by atoms with van der Waals surface area (Å²) in [5.41, 5.74) is 4.92. The third-order valence-electron chi connectivity index (χ3n) is 4.59. The van der Waals surface area contributed by atoms with E-state index in [0.29, 0.717) is 6.61 Å². The van der Waals surface area contributed by atoms with Crippen molar-refractivity contribution >= 4 is 23.3 Å². The number of ether oxygens (including phenoxy) is 1. The van der Waals surface area contributed by atoms with Crippen molar-refractivity contribution in [2.45, 2.75) is 17.1 Å². The van der Waals surface area contributed by atoms with E-state index in [9.17, 15) is 4.79 Å². The van der Waals surface area contributed by atoms with E-state index in [4.69, 9.17) is 4.74 Å². The topological polar surface area (TPSA) is 26.3 Å². The molecule has 0 saturated heterocycles. The molecule has 4 rings (SSSR count). The maximum atomic E-state index is 13.1. The molecule has 0 saturated carbocycles. The van der Waals surface area contributed by atoms with E-state index in [1.54, 1.807) is 11.8 Å². The maximum absolute atomic E-state index is 13.1. The molecule has 1 aliphatic heterocycles. The lowest BCUT2D eigenvalue weighted by atomic mass is 9.89. The lowest BCUT2D eigenvalue weighted by Gasteiger charge is -2.29. The summed E-state index contributed by atoms with van der Waals surface area (Å²) in [6, 6.07) is 28.6. The number of rotatable bonds is 4. The predicted octanol–water partition coefficient (Wildman–Crippen LogP) is 5.90. The molecule has 3 aromatic rings. The number of hydrogen-bond acceptors (Lipinski definition) is 3. The molecule has 134 valence electrons. The van der Waals surface area contributed by atoms with Crippen LogP contribution in [0.3, 0.4) is 0 Å². The number of carbonyl (C=O) groups excluding carboxylic acids is 1. The number of fused-ring (bicyclic) bond motifs is 1. The van der Waals surface area contributed by atoms with Crippen LogP contribution in [-0.2, 0) is 9.53 Å². The Labute approximate surface area is 163 Å². The molecule has 3 aromatic carbocycles. The molecule has 0 fully saturated rings. The Morgan fingerprint density at radius 2 is 1.52 bits per heavy atom. The summed E-state index contributed by atoms with van der Waals surface area (Å²) in [5.74, 6) is -0.243. The molecule has 1 aliphatic rings. The highest BCUT2D eigenvalue weighted by Gasteiger charge is 2.34. The summed E-state index contributed by atoms with van der Waals surface area (Å²) in [6.07, 6.45) is 0. The van der Waals surface area contributed by atoms with Gasteiger partial charge in [-0.1, -0.05) is 78.9 Å². The van der Waals surface area contributed by atoms with Gasteiger partial charge in [0.1, 0.15) is 0 Å². The Balaban J connectivity index is 2.01. The van der Waals surface area contributed by atoms with Crippen LogP contribution in [0.5, 0.6) is 0 Å². The number of thioether (sulfide) groups is 1. The number of hydrogen-bond donors (Lipinski definition) is 0. The lowest BCUT2D eigenvalue weighted by Crippen LogP contribution is -2.19. The fourth-order valence-corrected chi connectivity index (χ4v) is 4.77. The first-order valence-corrected chi connectivity index (χ1v) is 9.95. The first-order valence-electron chi connectivity index (χ1n) is 9.07. The average Bonchev–Trinajstić information content (AvgIpc) is 2.73. The Morgan fingerprint density at radius 3 is 2.22 bits per heavy atom. The third kappa shape index (κ3) is 3.43. The van der Waals surface area contributed by atoms with E-state index in [-0.39, 0.29) is 11.2 Å². The van der Waals surface area contributed by atoms with Gasteiger partial charge >= 0.3 is 5.97 Å². The van der Waals surface area contributed by atoms with Crippen LogP contribution in [0.1, 0.15) is 28.9 Å². The largest absolute Gasteiger partial charge is 0.463 e. The van der Waals surface area contributed by atoms with Crippen LogP contribution in [0.2, 0.25) is 0 Å². The van der Waals surface area contributed by atoms with Crippen LogP contribution in [-0.4, -0.2) is 12.6 Å². The minimum atomic E-state index is -0.243. The maximum Gasteiger partial charge on any atom is 0.336 e. The first kappa shape index (κ1) is 17.6. The third-order valence-corrected chi connectivity index (χ3v) is 5.95. The molecule has 1 atom stereocenters. The van der Waals surface area contributed by atoms with Gasteiger partial charge in [0.05, 0.1) is 17.4 Å². The molecule has 1 unspecified atom stereocenters. The lowest BCUT2D eigenvalue weighted by molar-refractivity contribution is -0.138. The zero-order valence-corrected chi connectivity index (χ0v) is 15.9. The minimum Gasteiger partial charge on any atom is -0.463 e. The second-order valence-electron chi connectivity index (χ2n) is 6.28. The molecule has 1 heterocycles. The minimum absolute atomic E-state index is 0.102. The van der Waals surface area contributed by atoms with Crippen LogP contribution in [0.15, 0.2) is 95.4 Å². The van der Waals surface area contributed by atoms with Crippen molar-refractivity contribution in [2.75, 3.05) is 6.61 Å². The molecule has 27 heavy (non-hydrogen) atoms. The van der Waals surface area contributed by atoms with Gasteiger partial charge in [0.25, 0.3) is 0 Å². The van der Waals surface area contributed by atoms with Gasteiger partial charge in [-0.05, 0) is 29.7 Å². The fourth-order valence-electron chi connectivity index (χ4n) is 3.43. The van der Waals surface area contributed by atoms with Crippen LogP contribution in [0.25, 0.3) is 5.57 Å². The molecule has 3 heteroatoms. The molecule has 0 N–H and O–H groups in total. The summed E-state index contributed by atoms with van der Waals surface area (Å²) >= 11 is 1.71. The fraction of sp³-hybridized carbons (Fsp3) is 0.125. The Morgan fingerprint density at radius 1 is 0.889 bits per heavy atom. The zero-order chi connectivity index (χ0) is 18.6. The molecule has 2 nitrogen and oxygen atoms in total. The first-order chi connectivity index (χ1) is 13.3. The molecule has 0 radical (unpaired) electrons. The van der Waals surface area contributed by atoms with Gasteiger partial charge < -0.3 is 4.74 Å². The van der Waals surface area contributed by atoms with Gasteiger partial charge in [-0.3, -0.25) is 0 Å². The highest BCUT2D eigenvalue weighted by atomic mass is 32.2. The van der Waals surface area contributed by atoms with Gasteiger partial charge in [0, 0.05) is 10.5 Å². The quantitative estimate of drug-likeness (QED) is 0.534. The monoisotopic (exact) mass is 372 g/mol. The van der Waals surface area contributed by atoms with E-state index in [1.165, 1.54) is 4.90 Å². The molecular formula is C24H20O2S. The van der Waals surface area contributed by atoms with Crippen molar-refractivity contribution in [1.29, 1.82) is 0 Å². The van der Waals surface area contributed by atoms with Gasteiger partial charge in [0.15, 0.2) is 0 Å². The molecular weight excluding hydrogens is 352 g/mol. The van der Waals surface area contributed by atoms with Gasteiger partial charge in [-0.25, -0.2) is 4.79 Å². The van der Waals surface area contributed by atoms with E-state index in [1.807, 2.05) is 55.5 Å². The van der Waals surface area contributed by atoms with Gasteiger partial charge in [-0.15, -0.1) is 11.8 Å². The van der Waals surface area contributed by atoms with Gasteiger partial charge in [-0.2, -0.15) is 0 Å². The van der Waals surface area contributed by atoms with E-state index in [2.05, 4.69) is 36.4 Å². The number of benzene rings is 3. The molecule has 0 aromatic heterocycles. The van der Waals surface area contributed by atoms with Crippen LogP contribution in [0.4, 0.5) is 0 Å².